The molecule has 0 saturated carbocycles. The molecule has 3 heteroatoms. The van der Waals surface area contributed by atoms with Gasteiger partial charge in [-0.15, -0.1) is 25.1 Å². The van der Waals surface area contributed by atoms with Crippen LogP contribution in [0.2, 0.25) is 0 Å². The van der Waals surface area contributed by atoms with E-state index in [4.69, 9.17) is 0 Å². The maximum atomic E-state index is 3.95. The molecule has 0 aromatic heterocycles. The van der Waals surface area contributed by atoms with E-state index in [9.17, 15) is 0 Å². The first-order valence-corrected chi connectivity index (χ1v) is 7.75. The van der Waals surface area contributed by atoms with Gasteiger partial charge in [0.1, 0.15) is 0 Å². The Bertz CT molecular complexity index is 792. The number of hydrogen-bond donors (Lipinski definition) is 0. The fourth-order valence-electron chi connectivity index (χ4n) is 3.31. The largest absolute Gasteiger partial charge is 0.369 e. The van der Waals surface area contributed by atoms with Crippen molar-refractivity contribution < 1.29 is 0 Å². The fourth-order valence-corrected chi connectivity index (χ4v) is 3.31. The van der Waals surface area contributed by atoms with Gasteiger partial charge in [-0.1, -0.05) is 53.9 Å². The van der Waals surface area contributed by atoms with Crippen molar-refractivity contribution in [2.45, 2.75) is 6.54 Å². The van der Waals surface area contributed by atoms with Gasteiger partial charge in [0.25, 0.3) is 0 Å². The number of rotatable bonds is 5. The summed E-state index contributed by atoms with van der Waals surface area (Å²) in [4.78, 5) is 2.29. The average Bonchev–Trinajstić information content (AvgIpc) is 2.56. The second-order valence-corrected chi connectivity index (χ2v) is 5.75. The van der Waals surface area contributed by atoms with Crippen molar-refractivity contribution in [3.63, 3.8) is 0 Å². The van der Waals surface area contributed by atoms with E-state index in [2.05, 4.69) is 62.0 Å². The Morgan fingerprint density at radius 3 is 2.35 bits per heavy atom. The van der Waals surface area contributed by atoms with Crippen LogP contribution in [0.15, 0.2) is 62.0 Å². The Hall–Kier alpha value is -2.41. The molecule has 0 unspecified atom stereocenters. The van der Waals surface area contributed by atoms with Gasteiger partial charge in [0.05, 0.1) is 5.69 Å². The van der Waals surface area contributed by atoms with E-state index in [-0.39, 0.29) is 0 Å². The van der Waals surface area contributed by atoms with Crippen LogP contribution >= 0.6 is 0 Å². The Labute approximate surface area is 140 Å². The second-order valence-electron chi connectivity index (χ2n) is 5.75. The third-order valence-corrected chi connectivity index (χ3v) is 4.27. The van der Waals surface area contributed by atoms with Gasteiger partial charge in [-0.2, -0.15) is 0 Å². The SMILES string of the molecule is C=C[B]c1cc2c(cc1[B]C=C)-c1cccc(C=C)c1N(C)C2. The van der Waals surface area contributed by atoms with Crippen LogP contribution in [0.25, 0.3) is 17.2 Å². The fraction of sp³-hybridized carbons (Fsp3) is 0.100. The van der Waals surface area contributed by atoms with Crippen LogP contribution < -0.4 is 15.8 Å². The highest BCUT2D eigenvalue weighted by Crippen LogP contribution is 2.40. The first-order valence-electron chi connectivity index (χ1n) is 7.75. The molecule has 1 aliphatic heterocycles. The summed E-state index contributed by atoms with van der Waals surface area (Å²) < 4.78 is 0. The van der Waals surface area contributed by atoms with Crippen LogP contribution in [-0.2, 0) is 6.54 Å². The molecule has 2 aromatic rings. The van der Waals surface area contributed by atoms with Crippen molar-refractivity contribution in [2.75, 3.05) is 11.9 Å². The zero-order chi connectivity index (χ0) is 16.4. The number of nitrogens with zero attached hydrogens (tertiary/aromatic N) is 1. The number of anilines is 1. The van der Waals surface area contributed by atoms with Gasteiger partial charge >= 0.3 is 0 Å². The zero-order valence-electron chi connectivity index (χ0n) is 13.5. The summed E-state index contributed by atoms with van der Waals surface area (Å²) >= 11 is 0. The number of para-hydroxylation sites is 1. The van der Waals surface area contributed by atoms with Gasteiger partial charge in [0, 0.05) is 19.2 Å². The van der Waals surface area contributed by atoms with Crippen molar-refractivity contribution in [1.82, 2.24) is 0 Å². The Morgan fingerprint density at radius 2 is 1.70 bits per heavy atom. The molecule has 1 nitrogen and oxygen atoms in total. The van der Waals surface area contributed by atoms with Crippen molar-refractivity contribution in [3.8, 4) is 11.1 Å². The van der Waals surface area contributed by atoms with E-state index in [1.54, 1.807) is 0 Å². The van der Waals surface area contributed by atoms with Crippen LogP contribution in [-0.4, -0.2) is 21.6 Å². The third-order valence-electron chi connectivity index (χ3n) is 4.27. The van der Waals surface area contributed by atoms with E-state index in [0.717, 1.165) is 12.0 Å². The van der Waals surface area contributed by atoms with Gasteiger partial charge in [-0.3, -0.25) is 0 Å². The van der Waals surface area contributed by atoms with Crippen molar-refractivity contribution in [1.29, 1.82) is 0 Å². The van der Waals surface area contributed by atoms with E-state index in [1.165, 1.54) is 33.4 Å². The molecule has 0 amide bonds. The second kappa shape index (κ2) is 6.37. The first-order chi connectivity index (χ1) is 11.2. The van der Waals surface area contributed by atoms with Crippen molar-refractivity contribution >= 4 is 37.2 Å². The lowest BCUT2D eigenvalue weighted by Crippen LogP contribution is -2.37. The Balaban J connectivity index is 2.24. The molecule has 23 heavy (non-hydrogen) atoms. The van der Waals surface area contributed by atoms with E-state index >= 15 is 0 Å². The molecule has 2 radical (unpaired) electrons. The van der Waals surface area contributed by atoms with Gasteiger partial charge in [-0.05, 0) is 16.7 Å². The van der Waals surface area contributed by atoms with Gasteiger partial charge in [-0.25, -0.2) is 0 Å². The monoisotopic (exact) mass is 295 g/mol. The highest BCUT2D eigenvalue weighted by molar-refractivity contribution is 6.71. The van der Waals surface area contributed by atoms with Crippen molar-refractivity contribution in [2.24, 2.45) is 0 Å². The number of benzene rings is 2. The molecular weight excluding hydrogens is 276 g/mol. The van der Waals surface area contributed by atoms with Crippen molar-refractivity contribution in [3.05, 3.63) is 73.1 Å². The zero-order valence-corrected chi connectivity index (χ0v) is 13.5. The number of hydrogen-bond acceptors (Lipinski definition) is 1. The number of fused-ring (bicyclic) bond motifs is 3. The van der Waals surface area contributed by atoms with E-state index in [0.29, 0.717) is 0 Å². The van der Waals surface area contributed by atoms with Crippen LogP contribution in [0.3, 0.4) is 0 Å². The molecule has 0 fully saturated rings. The quantitative estimate of drug-likeness (QED) is 0.767. The lowest BCUT2D eigenvalue weighted by atomic mass is 9.57. The summed E-state index contributed by atoms with van der Waals surface area (Å²) in [7, 11) is 6.23. The third kappa shape index (κ3) is 2.68. The Kier molecular flexibility index (Phi) is 4.29. The van der Waals surface area contributed by atoms with Gasteiger partial charge < -0.3 is 4.90 Å². The summed E-state index contributed by atoms with van der Waals surface area (Å²) in [5.41, 5.74) is 8.64. The average molecular weight is 295 g/mol. The molecule has 2 aromatic carbocycles. The molecule has 110 valence electrons. The molecule has 0 N–H and O–H groups in total. The maximum Gasteiger partial charge on any atom is 0.179 e. The van der Waals surface area contributed by atoms with E-state index in [1.807, 2.05) is 32.6 Å². The molecule has 0 aliphatic carbocycles. The molecule has 0 bridgehead atoms. The normalized spacial score (nSPS) is 12.0. The minimum atomic E-state index is 0.888. The predicted octanol–water partition coefficient (Wildman–Crippen LogP) is 2.89. The summed E-state index contributed by atoms with van der Waals surface area (Å²) in [6.07, 6.45) is 1.93. The van der Waals surface area contributed by atoms with Gasteiger partial charge in [0.15, 0.2) is 14.6 Å². The minimum Gasteiger partial charge on any atom is -0.369 e. The summed E-state index contributed by atoms with van der Waals surface area (Å²) in [5, 5.41) is 0. The summed E-state index contributed by atoms with van der Waals surface area (Å²) in [6.45, 7) is 12.5. The Morgan fingerprint density at radius 1 is 1.00 bits per heavy atom. The highest BCUT2D eigenvalue weighted by atomic mass is 15.1. The summed E-state index contributed by atoms with van der Waals surface area (Å²) in [5.74, 6) is 3.66. The highest BCUT2D eigenvalue weighted by Gasteiger charge is 2.22. The molecular formula is C20H19B2N. The smallest absolute Gasteiger partial charge is 0.179 e. The molecule has 0 atom stereocenters. The lowest BCUT2D eigenvalue weighted by molar-refractivity contribution is 0.911. The molecule has 1 heterocycles. The molecule has 0 saturated heterocycles. The lowest BCUT2D eigenvalue weighted by Gasteiger charge is -2.32. The summed E-state index contributed by atoms with van der Waals surface area (Å²) in [6, 6.07) is 10.9. The molecule has 1 aliphatic rings. The molecule has 3 rings (SSSR count). The predicted molar refractivity (Wildman–Crippen MR) is 105 cm³/mol. The molecule has 0 spiro atoms. The van der Waals surface area contributed by atoms with E-state index < -0.39 is 0 Å². The topological polar surface area (TPSA) is 3.24 Å². The van der Waals surface area contributed by atoms with Crippen LogP contribution in [0.5, 0.6) is 0 Å². The van der Waals surface area contributed by atoms with Crippen LogP contribution in [0, 0.1) is 0 Å². The maximum absolute atomic E-state index is 3.95. The van der Waals surface area contributed by atoms with Gasteiger partial charge in [0.2, 0.25) is 0 Å². The first kappa shape index (κ1) is 15.5. The van der Waals surface area contributed by atoms with Crippen LogP contribution in [0.4, 0.5) is 5.69 Å². The minimum absolute atomic E-state index is 0.888. The van der Waals surface area contributed by atoms with Crippen LogP contribution in [0.1, 0.15) is 11.1 Å². The standard InChI is InChI=1S/C20H19B2N/c1-5-14-9-8-10-16-17-12-19(22-7-3)18(21-6-2)11-15(17)13-23(4)20(14)16/h5-12H,1-3,13H2,4H3.